The van der Waals surface area contributed by atoms with Gasteiger partial charge in [-0.15, -0.1) is 0 Å². The van der Waals surface area contributed by atoms with Gasteiger partial charge in [0.05, 0.1) is 16.3 Å². The lowest BCUT2D eigenvalue weighted by atomic mass is 10.1. The summed E-state index contributed by atoms with van der Waals surface area (Å²) < 4.78 is 7.48. The lowest BCUT2D eigenvalue weighted by molar-refractivity contribution is 0.234. The molecule has 0 spiro atoms. The van der Waals surface area contributed by atoms with Crippen molar-refractivity contribution >= 4 is 33.9 Å². The minimum Gasteiger partial charge on any atom is -0.422 e. The molecule has 1 aromatic carbocycles. The van der Waals surface area contributed by atoms with Gasteiger partial charge in [-0.25, -0.2) is 9.78 Å². The van der Waals surface area contributed by atoms with Gasteiger partial charge in [0.25, 0.3) is 0 Å². The van der Waals surface area contributed by atoms with Gasteiger partial charge in [-0.1, -0.05) is 11.6 Å². The average Bonchev–Trinajstić information content (AvgIpc) is 3.14. The second kappa shape index (κ2) is 6.90. The van der Waals surface area contributed by atoms with Crippen molar-refractivity contribution in [3.8, 4) is 11.3 Å². The number of halogens is 1. The molecule has 0 N–H and O–H groups in total. The Hall–Kier alpha value is -2.83. The second-order valence-electron chi connectivity index (χ2n) is 7.66. The van der Waals surface area contributed by atoms with E-state index in [2.05, 4.69) is 34.8 Å². The van der Waals surface area contributed by atoms with Crippen LogP contribution in [-0.4, -0.2) is 47.0 Å². The number of benzene rings is 1. The molecular weight excluding hydrogens is 388 g/mol. The number of imidazole rings is 1. The van der Waals surface area contributed by atoms with E-state index in [1.165, 1.54) is 0 Å². The maximum absolute atomic E-state index is 12.7. The van der Waals surface area contributed by atoms with Crippen LogP contribution in [0.5, 0.6) is 0 Å². The van der Waals surface area contributed by atoms with Crippen LogP contribution in [0.4, 0.5) is 5.69 Å². The van der Waals surface area contributed by atoms with E-state index in [0.29, 0.717) is 33.6 Å². The van der Waals surface area contributed by atoms with Crippen molar-refractivity contribution in [1.29, 1.82) is 0 Å². The fourth-order valence-corrected chi connectivity index (χ4v) is 4.08. The van der Waals surface area contributed by atoms with Crippen LogP contribution in [0.3, 0.4) is 0 Å². The van der Waals surface area contributed by atoms with Crippen molar-refractivity contribution in [2.75, 3.05) is 31.6 Å². The van der Waals surface area contributed by atoms with Gasteiger partial charge in [-0.3, -0.25) is 0 Å². The first-order valence-corrected chi connectivity index (χ1v) is 10.0. The van der Waals surface area contributed by atoms with Crippen molar-refractivity contribution in [3.05, 3.63) is 64.2 Å². The number of rotatable bonds is 2. The number of hydrogen-bond donors (Lipinski definition) is 0. The van der Waals surface area contributed by atoms with E-state index in [4.69, 9.17) is 16.0 Å². The molecule has 4 heterocycles. The topological polar surface area (TPSA) is 54.0 Å². The molecule has 7 heteroatoms. The van der Waals surface area contributed by atoms with Crippen molar-refractivity contribution in [2.45, 2.75) is 13.0 Å². The summed E-state index contributed by atoms with van der Waals surface area (Å²) in [6.45, 7) is 5.14. The SMILES string of the molecule is CC1CN(c2ccc3cc(-c4cn5cccc(Cl)c5n4)c(=O)oc3c2)CCN1C. The van der Waals surface area contributed by atoms with Crippen LogP contribution in [0.15, 0.2) is 58.0 Å². The van der Waals surface area contributed by atoms with Gasteiger partial charge in [0.2, 0.25) is 0 Å². The maximum atomic E-state index is 12.7. The van der Waals surface area contributed by atoms with E-state index >= 15 is 0 Å². The summed E-state index contributed by atoms with van der Waals surface area (Å²) in [5.41, 5.74) is 2.85. The number of nitrogens with zero attached hydrogens (tertiary/aromatic N) is 4. The molecule has 4 aromatic rings. The highest BCUT2D eigenvalue weighted by Crippen LogP contribution is 2.27. The standard InChI is InChI=1S/C22H21ClN4O2/c1-14-12-26(9-8-25(14)2)16-6-5-15-10-17(22(28)29-20(15)11-16)19-13-27-7-3-4-18(23)21(27)24-19/h3-7,10-11,13-14H,8-9,12H2,1-2H3. The van der Waals surface area contributed by atoms with E-state index < -0.39 is 5.63 Å². The Balaban J connectivity index is 1.55. The Morgan fingerprint density at radius 3 is 2.86 bits per heavy atom. The molecular formula is C22H21ClN4O2. The van der Waals surface area contributed by atoms with Gasteiger partial charge in [0, 0.05) is 55.2 Å². The summed E-state index contributed by atoms with van der Waals surface area (Å²) in [6, 6.07) is 12.0. The maximum Gasteiger partial charge on any atom is 0.345 e. The largest absolute Gasteiger partial charge is 0.422 e. The van der Waals surface area contributed by atoms with Crippen molar-refractivity contribution in [2.24, 2.45) is 0 Å². The highest BCUT2D eigenvalue weighted by atomic mass is 35.5. The molecule has 148 valence electrons. The van der Waals surface area contributed by atoms with E-state index in [9.17, 15) is 4.79 Å². The zero-order valence-electron chi connectivity index (χ0n) is 16.3. The molecule has 0 radical (unpaired) electrons. The molecule has 0 aliphatic carbocycles. The third-order valence-corrected chi connectivity index (χ3v) is 6.05. The van der Waals surface area contributed by atoms with Crippen LogP contribution < -0.4 is 10.5 Å². The summed E-state index contributed by atoms with van der Waals surface area (Å²) in [5.74, 6) is 0. The lowest BCUT2D eigenvalue weighted by Gasteiger charge is -2.39. The fourth-order valence-electron chi connectivity index (χ4n) is 3.87. The summed E-state index contributed by atoms with van der Waals surface area (Å²) in [7, 11) is 2.15. The van der Waals surface area contributed by atoms with Crippen LogP contribution in [0, 0.1) is 0 Å². The molecule has 0 saturated carbocycles. The third-order valence-electron chi connectivity index (χ3n) is 5.76. The molecule has 3 aromatic heterocycles. The van der Waals surface area contributed by atoms with E-state index in [1.54, 1.807) is 16.7 Å². The molecule has 1 fully saturated rings. The number of fused-ring (bicyclic) bond motifs is 2. The van der Waals surface area contributed by atoms with Crippen LogP contribution in [0.2, 0.25) is 5.02 Å². The van der Waals surface area contributed by atoms with Crippen LogP contribution >= 0.6 is 11.6 Å². The Morgan fingerprint density at radius 2 is 2.07 bits per heavy atom. The van der Waals surface area contributed by atoms with Crippen LogP contribution in [-0.2, 0) is 0 Å². The van der Waals surface area contributed by atoms with Crippen molar-refractivity contribution < 1.29 is 4.42 Å². The number of likely N-dealkylation sites (N-methyl/N-ethyl adjacent to an activating group) is 1. The van der Waals surface area contributed by atoms with E-state index in [1.807, 2.05) is 30.5 Å². The van der Waals surface area contributed by atoms with Crippen LogP contribution in [0.25, 0.3) is 27.9 Å². The van der Waals surface area contributed by atoms with Gasteiger partial charge in [0.1, 0.15) is 5.58 Å². The normalized spacial score (nSPS) is 18.0. The summed E-state index contributed by atoms with van der Waals surface area (Å²) in [4.78, 5) is 21.9. The monoisotopic (exact) mass is 408 g/mol. The Morgan fingerprint density at radius 1 is 1.21 bits per heavy atom. The minimum atomic E-state index is -0.402. The quantitative estimate of drug-likeness (QED) is 0.471. The van der Waals surface area contributed by atoms with Gasteiger partial charge in [0.15, 0.2) is 5.65 Å². The first-order valence-electron chi connectivity index (χ1n) is 9.66. The first kappa shape index (κ1) is 18.2. The highest BCUT2D eigenvalue weighted by Gasteiger charge is 2.21. The third kappa shape index (κ3) is 3.18. The van der Waals surface area contributed by atoms with E-state index in [0.717, 1.165) is 30.7 Å². The fraction of sp³-hybridized carbons (Fsp3) is 0.273. The number of aromatic nitrogens is 2. The van der Waals surface area contributed by atoms with Gasteiger partial charge < -0.3 is 18.6 Å². The van der Waals surface area contributed by atoms with Gasteiger partial charge in [-0.05, 0) is 44.3 Å². The number of pyridine rings is 1. The summed E-state index contributed by atoms with van der Waals surface area (Å²) >= 11 is 6.21. The summed E-state index contributed by atoms with van der Waals surface area (Å²) in [5, 5.41) is 1.41. The second-order valence-corrected chi connectivity index (χ2v) is 8.07. The molecule has 29 heavy (non-hydrogen) atoms. The lowest BCUT2D eigenvalue weighted by Crippen LogP contribution is -2.50. The number of hydrogen-bond acceptors (Lipinski definition) is 5. The first-order chi connectivity index (χ1) is 14.0. The minimum absolute atomic E-state index is 0.402. The Bertz CT molecular complexity index is 1280. The Kier molecular flexibility index (Phi) is 4.33. The molecule has 0 bridgehead atoms. The molecule has 5 rings (SSSR count). The van der Waals surface area contributed by atoms with Crippen molar-refractivity contribution in [1.82, 2.24) is 14.3 Å². The zero-order chi connectivity index (χ0) is 20.1. The molecule has 1 atom stereocenters. The molecule has 1 unspecified atom stereocenters. The van der Waals surface area contributed by atoms with Gasteiger partial charge >= 0.3 is 5.63 Å². The number of anilines is 1. The highest BCUT2D eigenvalue weighted by molar-refractivity contribution is 6.33. The van der Waals surface area contributed by atoms with Crippen LogP contribution in [0.1, 0.15) is 6.92 Å². The molecule has 6 nitrogen and oxygen atoms in total. The molecule has 1 aliphatic rings. The predicted octanol–water partition coefficient (Wildman–Crippen LogP) is 3.90. The number of piperazine rings is 1. The molecule has 1 aliphatic heterocycles. The van der Waals surface area contributed by atoms with E-state index in [-0.39, 0.29) is 0 Å². The average molecular weight is 409 g/mol. The molecule has 0 amide bonds. The molecule has 1 saturated heterocycles. The predicted molar refractivity (Wildman–Crippen MR) is 116 cm³/mol. The smallest absolute Gasteiger partial charge is 0.345 e. The van der Waals surface area contributed by atoms with Crippen molar-refractivity contribution in [3.63, 3.8) is 0 Å². The summed E-state index contributed by atoms with van der Waals surface area (Å²) in [6.07, 6.45) is 3.64. The zero-order valence-corrected chi connectivity index (χ0v) is 17.1. The Labute approximate surface area is 172 Å². The van der Waals surface area contributed by atoms with Gasteiger partial charge in [-0.2, -0.15) is 0 Å².